The number of likely N-dealkylation sites (N-methyl/N-ethyl adjacent to an activating group) is 1. The van der Waals surface area contributed by atoms with Crippen molar-refractivity contribution < 1.29 is 4.74 Å². The molecule has 0 amide bonds. The minimum atomic E-state index is 0.378. The highest BCUT2D eigenvalue weighted by atomic mass is 16.5. The van der Waals surface area contributed by atoms with Crippen molar-refractivity contribution in [2.45, 2.75) is 46.6 Å². The largest absolute Gasteiger partial charge is 0.380 e. The first-order valence-electron chi connectivity index (χ1n) is 6.90. The van der Waals surface area contributed by atoms with Gasteiger partial charge in [0.2, 0.25) is 0 Å². The molecular formula is C14H27N3O. The van der Waals surface area contributed by atoms with Gasteiger partial charge in [-0.15, -0.1) is 0 Å². The second kappa shape index (κ2) is 7.54. The molecule has 1 unspecified atom stereocenters. The van der Waals surface area contributed by atoms with Crippen LogP contribution in [0.2, 0.25) is 0 Å². The summed E-state index contributed by atoms with van der Waals surface area (Å²) in [4.78, 5) is 0. The predicted octanol–water partition coefficient (Wildman–Crippen LogP) is 1.98. The van der Waals surface area contributed by atoms with E-state index < -0.39 is 0 Å². The lowest BCUT2D eigenvalue weighted by Gasteiger charge is -2.18. The number of hydrogen-bond donors (Lipinski definition) is 1. The molecule has 0 fully saturated rings. The minimum Gasteiger partial charge on any atom is -0.380 e. The molecule has 0 spiro atoms. The zero-order valence-electron chi connectivity index (χ0n) is 12.4. The Morgan fingerprint density at radius 1 is 1.33 bits per heavy atom. The van der Waals surface area contributed by atoms with Gasteiger partial charge in [0.1, 0.15) is 0 Å². The van der Waals surface area contributed by atoms with Crippen LogP contribution in [0.1, 0.15) is 37.2 Å². The van der Waals surface area contributed by atoms with E-state index >= 15 is 0 Å². The summed E-state index contributed by atoms with van der Waals surface area (Å²) in [6.07, 6.45) is 2.06. The van der Waals surface area contributed by atoms with Crippen LogP contribution in [0.25, 0.3) is 0 Å². The van der Waals surface area contributed by atoms with E-state index in [4.69, 9.17) is 4.74 Å². The zero-order chi connectivity index (χ0) is 13.5. The Morgan fingerprint density at radius 3 is 2.56 bits per heavy atom. The molecule has 0 radical (unpaired) electrons. The predicted molar refractivity (Wildman–Crippen MR) is 75.0 cm³/mol. The summed E-state index contributed by atoms with van der Waals surface area (Å²) in [5.41, 5.74) is 3.74. The van der Waals surface area contributed by atoms with Crippen molar-refractivity contribution in [2.75, 3.05) is 19.8 Å². The van der Waals surface area contributed by atoms with Gasteiger partial charge in [-0.1, -0.05) is 13.8 Å². The average Bonchev–Trinajstić information content (AvgIpc) is 2.56. The molecule has 0 aliphatic carbocycles. The lowest BCUT2D eigenvalue weighted by atomic mass is 10.0. The second-order valence-electron chi connectivity index (χ2n) is 4.81. The fourth-order valence-electron chi connectivity index (χ4n) is 2.21. The molecule has 104 valence electrons. The average molecular weight is 253 g/mol. The molecule has 0 saturated heterocycles. The fourth-order valence-corrected chi connectivity index (χ4v) is 2.21. The maximum atomic E-state index is 5.67. The first kappa shape index (κ1) is 15.2. The van der Waals surface area contributed by atoms with E-state index in [0.29, 0.717) is 6.04 Å². The van der Waals surface area contributed by atoms with Gasteiger partial charge < -0.3 is 10.1 Å². The van der Waals surface area contributed by atoms with Crippen LogP contribution in [0.4, 0.5) is 0 Å². The molecule has 4 nitrogen and oxygen atoms in total. The van der Waals surface area contributed by atoms with E-state index in [0.717, 1.165) is 38.3 Å². The third-order valence-electron chi connectivity index (χ3n) is 3.27. The molecule has 0 aliphatic heterocycles. The molecule has 1 atom stereocenters. The molecule has 0 aliphatic rings. The summed E-state index contributed by atoms with van der Waals surface area (Å²) in [5.74, 6) is 0. The van der Waals surface area contributed by atoms with Crippen LogP contribution in [0.15, 0.2) is 0 Å². The molecule has 0 saturated carbocycles. The smallest absolute Gasteiger partial charge is 0.0628 e. The third kappa shape index (κ3) is 4.10. The molecule has 1 rings (SSSR count). The summed E-state index contributed by atoms with van der Waals surface area (Å²) in [7, 11) is 2.00. The normalized spacial score (nSPS) is 12.9. The van der Waals surface area contributed by atoms with E-state index in [9.17, 15) is 0 Å². The molecule has 1 aromatic heterocycles. The highest BCUT2D eigenvalue weighted by molar-refractivity contribution is 5.25. The lowest BCUT2D eigenvalue weighted by molar-refractivity contribution is 0.112. The van der Waals surface area contributed by atoms with Gasteiger partial charge in [-0.05, 0) is 38.8 Å². The maximum absolute atomic E-state index is 5.67. The SMILES string of the molecule is CCCOCC(Cc1c(C)nn(C)c1C)NCC. The summed E-state index contributed by atoms with van der Waals surface area (Å²) < 4.78 is 7.63. The highest BCUT2D eigenvalue weighted by Crippen LogP contribution is 2.14. The maximum Gasteiger partial charge on any atom is 0.0628 e. The standard InChI is InChI=1S/C14H27N3O/c1-6-8-18-10-13(15-7-2)9-14-11(3)16-17(5)12(14)4/h13,15H,6-10H2,1-5H3. The number of aromatic nitrogens is 2. The summed E-state index contributed by atoms with van der Waals surface area (Å²) >= 11 is 0. The van der Waals surface area contributed by atoms with Gasteiger partial charge in [-0.3, -0.25) is 4.68 Å². The minimum absolute atomic E-state index is 0.378. The van der Waals surface area contributed by atoms with Crippen LogP contribution in [-0.4, -0.2) is 35.6 Å². The third-order valence-corrected chi connectivity index (χ3v) is 3.27. The summed E-state index contributed by atoms with van der Waals surface area (Å²) in [6, 6.07) is 0.378. The number of aryl methyl sites for hydroxylation is 2. The van der Waals surface area contributed by atoms with E-state index in [2.05, 4.69) is 38.1 Å². The molecule has 1 aromatic rings. The van der Waals surface area contributed by atoms with E-state index in [1.807, 2.05) is 11.7 Å². The number of hydrogen-bond acceptors (Lipinski definition) is 3. The van der Waals surface area contributed by atoms with Crippen LogP contribution in [0, 0.1) is 13.8 Å². The number of ether oxygens (including phenoxy) is 1. The molecule has 18 heavy (non-hydrogen) atoms. The van der Waals surface area contributed by atoms with Crippen LogP contribution in [-0.2, 0) is 18.2 Å². The Bertz CT molecular complexity index is 360. The Kier molecular flexibility index (Phi) is 6.36. The number of rotatable bonds is 8. The van der Waals surface area contributed by atoms with Gasteiger partial charge in [0.25, 0.3) is 0 Å². The molecule has 1 N–H and O–H groups in total. The Hall–Kier alpha value is -0.870. The molecule has 1 heterocycles. The van der Waals surface area contributed by atoms with Crippen LogP contribution >= 0.6 is 0 Å². The van der Waals surface area contributed by atoms with Crippen LogP contribution in [0.5, 0.6) is 0 Å². The van der Waals surface area contributed by atoms with Crippen molar-refractivity contribution in [3.8, 4) is 0 Å². The highest BCUT2D eigenvalue weighted by Gasteiger charge is 2.15. The van der Waals surface area contributed by atoms with Crippen molar-refractivity contribution in [2.24, 2.45) is 7.05 Å². The van der Waals surface area contributed by atoms with Crippen LogP contribution in [0.3, 0.4) is 0 Å². The van der Waals surface area contributed by atoms with Crippen molar-refractivity contribution in [1.29, 1.82) is 0 Å². The molecule has 0 aromatic carbocycles. The van der Waals surface area contributed by atoms with E-state index in [1.54, 1.807) is 0 Å². The molecule has 4 heteroatoms. The quantitative estimate of drug-likeness (QED) is 0.720. The Morgan fingerprint density at radius 2 is 2.06 bits per heavy atom. The first-order chi connectivity index (χ1) is 8.60. The Labute approximate surface area is 111 Å². The van der Waals surface area contributed by atoms with Crippen molar-refractivity contribution in [1.82, 2.24) is 15.1 Å². The van der Waals surface area contributed by atoms with Gasteiger partial charge in [0.15, 0.2) is 0 Å². The number of nitrogens with one attached hydrogen (secondary N) is 1. The van der Waals surface area contributed by atoms with Gasteiger partial charge in [-0.2, -0.15) is 5.10 Å². The second-order valence-corrected chi connectivity index (χ2v) is 4.81. The van der Waals surface area contributed by atoms with Gasteiger partial charge >= 0.3 is 0 Å². The van der Waals surface area contributed by atoms with Crippen molar-refractivity contribution >= 4 is 0 Å². The van der Waals surface area contributed by atoms with Gasteiger partial charge in [0.05, 0.1) is 12.3 Å². The van der Waals surface area contributed by atoms with Gasteiger partial charge in [-0.25, -0.2) is 0 Å². The summed E-state index contributed by atoms with van der Waals surface area (Å²) in [5, 5.41) is 7.96. The molecule has 0 bridgehead atoms. The van der Waals surface area contributed by atoms with Crippen molar-refractivity contribution in [3.05, 3.63) is 17.0 Å². The van der Waals surface area contributed by atoms with Gasteiger partial charge in [0, 0.05) is 25.4 Å². The lowest BCUT2D eigenvalue weighted by Crippen LogP contribution is -2.35. The van der Waals surface area contributed by atoms with Crippen molar-refractivity contribution in [3.63, 3.8) is 0 Å². The Balaban J connectivity index is 2.64. The fraction of sp³-hybridized carbons (Fsp3) is 0.786. The zero-order valence-corrected chi connectivity index (χ0v) is 12.4. The van der Waals surface area contributed by atoms with E-state index in [-0.39, 0.29) is 0 Å². The van der Waals surface area contributed by atoms with Crippen LogP contribution < -0.4 is 5.32 Å². The number of nitrogens with zero attached hydrogens (tertiary/aromatic N) is 2. The first-order valence-corrected chi connectivity index (χ1v) is 6.90. The molecular weight excluding hydrogens is 226 g/mol. The summed E-state index contributed by atoms with van der Waals surface area (Å²) in [6.45, 7) is 11.1. The van der Waals surface area contributed by atoms with E-state index in [1.165, 1.54) is 11.3 Å². The monoisotopic (exact) mass is 253 g/mol. The topological polar surface area (TPSA) is 39.1 Å².